The molecule has 36 heavy (non-hydrogen) atoms. The highest BCUT2D eigenvalue weighted by atomic mass is 35.5. The molecule has 0 aliphatic carbocycles. The van der Waals surface area contributed by atoms with Gasteiger partial charge in [-0.2, -0.15) is 0 Å². The monoisotopic (exact) mass is 519 g/mol. The number of hydrogen-bond acceptors (Lipinski definition) is 6. The van der Waals surface area contributed by atoms with Gasteiger partial charge in [0, 0.05) is 51.2 Å². The topological polar surface area (TPSA) is 100 Å². The number of fused-ring (bicyclic) bond motifs is 2. The van der Waals surface area contributed by atoms with Crippen molar-refractivity contribution < 1.29 is 14.5 Å². The highest BCUT2D eigenvalue weighted by Gasteiger charge is 2.17. The van der Waals surface area contributed by atoms with Crippen molar-refractivity contribution in [3.8, 4) is 11.1 Å². The number of benzene rings is 3. The van der Waals surface area contributed by atoms with Gasteiger partial charge in [-0.3, -0.25) is 14.9 Å². The van der Waals surface area contributed by atoms with E-state index in [0.717, 1.165) is 37.7 Å². The van der Waals surface area contributed by atoms with Crippen LogP contribution in [0, 0.1) is 10.1 Å². The number of thiophene rings is 1. The zero-order valence-corrected chi connectivity index (χ0v) is 20.9. The molecule has 5 rings (SSSR count). The van der Waals surface area contributed by atoms with Gasteiger partial charge in [0.05, 0.1) is 18.0 Å². The van der Waals surface area contributed by atoms with E-state index in [2.05, 4.69) is 9.95 Å². The van der Waals surface area contributed by atoms with Crippen molar-refractivity contribution >= 4 is 61.3 Å². The van der Waals surface area contributed by atoms with E-state index in [-0.39, 0.29) is 18.1 Å². The Bertz CT molecular complexity index is 1640. The lowest BCUT2D eigenvalue weighted by molar-refractivity contribution is -0.384. The Kier molecular flexibility index (Phi) is 6.38. The number of carbonyl (C=O) groups is 1. The van der Waals surface area contributed by atoms with Crippen LogP contribution >= 0.6 is 22.9 Å². The molecule has 0 unspecified atom stereocenters. The Morgan fingerprint density at radius 2 is 1.92 bits per heavy atom. The summed E-state index contributed by atoms with van der Waals surface area (Å²) in [6.07, 6.45) is 2.12. The van der Waals surface area contributed by atoms with Crippen molar-refractivity contribution in [2.75, 3.05) is 12.3 Å². The number of carbonyl (C=O) groups excluding carboxylic acids is 1. The molecule has 0 saturated carbocycles. The van der Waals surface area contributed by atoms with Gasteiger partial charge in [0.25, 0.3) is 5.69 Å². The van der Waals surface area contributed by atoms with E-state index in [1.54, 1.807) is 24.3 Å². The van der Waals surface area contributed by atoms with Gasteiger partial charge in [0.2, 0.25) is 0 Å². The van der Waals surface area contributed by atoms with Crippen molar-refractivity contribution in [1.29, 1.82) is 0 Å². The standard InChI is InChI=1S/C27H22ClN3O4S/c1-2-35-27(32)10-18-13-30(14-19-15-36-26-6-4-20(28)11-24(19)26)25-9-16(3-5-23(18)25)17-7-21(29)12-22(8-17)31(33)34/h3-9,11-13,15H,2,10,14,29H2,1H3. The van der Waals surface area contributed by atoms with Gasteiger partial charge in [-0.25, -0.2) is 0 Å². The Labute approximate surface area is 215 Å². The Morgan fingerprint density at radius 3 is 2.69 bits per heavy atom. The molecule has 0 aliphatic rings. The molecule has 0 bridgehead atoms. The summed E-state index contributed by atoms with van der Waals surface area (Å²) in [6.45, 7) is 2.67. The Hall–Kier alpha value is -3.88. The molecule has 0 aliphatic heterocycles. The molecule has 0 amide bonds. The minimum atomic E-state index is -0.453. The third kappa shape index (κ3) is 4.65. The molecule has 0 spiro atoms. The minimum Gasteiger partial charge on any atom is -0.466 e. The van der Waals surface area contributed by atoms with E-state index >= 15 is 0 Å². The maximum Gasteiger partial charge on any atom is 0.310 e. The predicted molar refractivity (Wildman–Crippen MR) is 145 cm³/mol. The molecule has 2 heterocycles. The van der Waals surface area contributed by atoms with Crippen LogP contribution in [0.3, 0.4) is 0 Å². The Balaban J connectivity index is 1.63. The number of esters is 1. The van der Waals surface area contributed by atoms with E-state index in [4.69, 9.17) is 22.1 Å². The van der Waals surface area contributed by atoms with E-state index in [1.165, 1.54) is 12.1 Å². The molecule has 9 heteroatoms. The zero-order valence-electron chi connectivity index (χ0n) is 19.4. The third-order valence-corrected chi connectivity index (χ3v) is 7.29. The molecule has 7 nitrogen and oxygen atoms in total. The zero-order chi connectivity index (χ0) is 25.4. The molecule has 2 aromatic heterocycles. The molecule has 2 N–H and O–H groups in total. The SMILES string of the molecule is CCOC(=O)Cc1cn(Cc2csc3ccc(Cl)cc23)c2cc(-c3cc(N)cc([N+](=O)[O-])c3)ccc12. The van der Waals surface area contributed by atoms with Crippen LogP contribution in [0.5, 0.6) is 0 Å². The first kappa shape index (κ1) is 23.8. The smallest absolute Gasteiger partial charge is 0.310 e. The summed E-state index contributed by atoms with van der Waals surface area (Å²) < 4.78 is 8.42. The van der Waals surface area contributed by atoms with Gasteiger partial charge in [-0.1, -0.05) is 23.7 Å². The lowest BCUT2D eigenvalue weighted by Gasteiger charge is -2.08. The van der Waals surface area contributed by atoms with Gasteiger partial charge in [0.1, 0.15) is 0 Å². The van der Waals surface area contributed by atoms with Gasteiger partial charge >= 0.3 is 5.97 Å². The fourth-order valence-corrected chi connectivity index (χ4v) is 5.56. The van der Waals surface area contributed by atoms with Crippen LogP contribution in [0.4, 0.5) is 11.4 Å². The van der Waals surface area contributed by atoms with Crippen LogP contribution in [-0.4, -0.2) is 22.1 Å². The number of non-ortho nitro benzene ring substituents is 1. The second-order valence-corrected chi connectivity index (χ2v) is 9.82. The number of nitrogens with zero attached hydrogens (tertiary/aromatic N) is 2. The molecule has 0 atom stereocenters. The van der Waals surface area contributed by atoms with Gasteiger partial charge in [0.15, 0.2) is 0 Å². The minimum absolute atomic E-state index is 0.0647. The first-order valence-electron chi connectivity index (χ1n) is 11.3. The van der Waals surface area contributed by atoms with E-state index in [0.29, 0.717) is 29.4 Å². The molecular formula is C27H22ClN3O4S. The summed E-state index contributed by atoms with van der Waals surface area (Å²) in [5.74, 6) is -0.292. The quantitative estimate of drug-likeness (QED) is 0.110. The highest BCUT2D eigenvalue weighted by Crippen LogP contribution is 2.34. The summed E-state index contributed by atoms with van der Waals surface area (Å²) in [7, 11) is 0. The normalized spacial score (nSPS) is 11.3. The van der Waals surface area contributed by atoms with Crippen LogP contribution in [0.2, 0.25) is 5.02 Å². The number of aromatic nitrogens is 1. The largest absolute Gasteiger partial charge is 0.466 e. The summed E-state index contributed by atoms with van der Waals surface area (Å²) >= 11 is 7.91. The molecular weight excluding hydrogens is 498 g/mol. The van der Waals surface area contributed by atoms with Crippen molar-refractivity contribution in [1.82, 2.24) is 4.57 Å². The second-order valence-electron chi connectivity index (χ2n) is 8.47. The summed E-state index contributed by atoms with van der Waals surface area (Å²) in [5.41, 5.74) is 10.5. The van der Waals surface area contributed by atoms with Crippen molar-refractivity contribution in [2.45, 2.75) is 19.9 Å². The lowest BCUT2D eigenvalue weighted by atomic mass is 10.0. The van der Waals surface area contributed by atoms with Crippen molar-refractivity contribution in [2.24, 2.45) is 0 Å². The number of anilines is 1. The molecule has 0 fully saturated rings. The van der Waals surface area contributed by atoms with E-state index < -0.39 is 4.92 Å². The number of hydrogen-bond donors (Lipinski definition) is 1. The van der Waals surface area contributed by atoms with E-state index in [9.17, 15) is 14.9 Å². The highest BCUT2D eigenvalue weighted by molar-refractivity contribution is 7.17. The molecule has 0 saturated heterocycles. The maximum absolute atomic E-state index is 12.3. The van der Waals surface area contributed by atoms with Gasteiger partial charge in [-0.05, 0) is 70.3 Å². The van der Waals surface area contributed by atoms with Gasteiger partial charge in [-0.15, -0.1) is 11.3 Å². The first-order chi connectivity index (χ1) is 17.3. The first-order valence-corrected chi connectivity index (χ1v) is 12.6. The van der Waals surface area contributed by atoms with Crippen molar-refractivity contribution in [3.63, 3.8) is 0 Å². The third-order valence-electron chi connectivity index (χ3n) is 6.05. The van der Waals surface area contributed by atoms with Crippen LogP contribution < -0.4 is 5.73 Å². The number of ether oxygens (including phenoxy) is 1. The van der Waals surface area contributed by atoms with Crippen molar-refractivity contribution in [3.05, 3.63) is 92.4 Å². The summed E-state index contributed by atoms with van der Waals surface area (Å²) in [4.78, 5) is 23.2. The molecule has 0 radical (unpaired) electrons. The number of nitrogens with two attached hydrogens (primary N) is 1. The number of nitro benzene ring substituents is 1. The predicted octanol–water partition coefficient (Wildman–Crippen LogP) is 6.82. The number of nitrogen functional groups attached to an aromatic ring is 1. The fourth-order valence-electron chi connectivity index (χ4n) is 4.45. The molecule has 182 valence electrons. The molecule has 3 aromatic carbocycles. The summed E-state index contributed by atoms with van der Waals surface area (Å²) in [6, 6.07) is 16.2. The molecule has 5 aromatic rings. The van der Waals surface area contributed by atoms with Crippen LogP contribution in [0.15, 0.2) is 66.2 Å². The van der Waals surface area contributed by atoms with Gasteiger partial charge < -0.3 is 15.0 Å². The van der Waals surface area contributed by atoms with E-state index in [1.807, 2.05) is 42.6 Å². The average molecular weight is 520 g/mol. The number of rotatable bonds is 7. The van der Waals surface area contributed by atoms with Crippen LogP contribution in [-0.2, 0) is 22.5 Å². The fraction of sp³-hybridized carbons (Fsp3) is 0.148. The van der Waals surface area contributed by atoms with Crippen LogP contribution in [0.25, 0.3) is 32.1 Å². The lowest BCUT2D eigenvalue weighted by Crippen LogP contribution is -2.07. The Morgan fingerprint density at radius 1 is 1.08 bits per heavy atom. The maximum atomic E-state index is 12.3. The summed E-state index contributed by atoms with van der Waals surface area (Å²) in [5, 5.41) is 16.2. The average Bonchev–Trinajstić information content (AvgIpc) is 3.39. The number of halogens is 1. The van der Waals surface area contributed by atoms with Crippen LogP contribution in [0.1, 0.15) is 18.1 Å². The second kappa shape index (κ2) is 9.64. The number of nitro groups is 1.